The number of hydrogen-bond donors (Lipinski definition) is 1. The number of thiophene rings is 1. The molecule has 0 atom stereocenters. The smallest absolute Gasteiger partial charge is 0.294 e. The Balaban J connectivity index is 1.62. The van der Waals surface area contributed by atoms with Crippen molar-refractivity contribution in [3.63, 3.8) is 0 Å². The van der Waals surface area contributed by atoms with Crippen LogP contribution in [0.5, 0.6) is 5.75 Å². The molecule has 2 heterocycles. The third-order valence-electron chi connectivity index (χ3n) is 3.49. The monoisotopic (exact) mass is 466 g/mol. The number of carbonyl (C=O) groups excluding carboxylic acids is 3. The zero-order valence-corrected chi connectivity index (χ0v) is 17.4. The Morgan fingerprint density at radius 2 is 2.04 bits per heavy atom. The van der Waals surface area contributed by atoms with E-state index in [0.29, 0.717) is 22.9 Å². The van der Waals surface area contributed by atoms with Gasteiger partial charge in [-0.3, -0.25) is 19.3 Å². The second-order valence-electron chi connectivity index (χ2n) is 5.44. The summed E-state index contributed by atoms with van der Waals surface area (Å²) in [5.74, 6) is -0.204. The van der Waals surface area contributed by atoms with E-state index in [9.17, 15) is 14.4 Å². The number of nitrogens with zero attached hydrogens (tertiary/aromatic N) is 1. The molecule has 0 spiro atoms. The van der Waals surface area contributed by atoms with Crippen LogP contribution in [0.1, 0.15) is 11.8 Å². The number of rotatable bonds is 6. The van der Waals surface area contributed by atoms with E-state index in [2.05, 4.69) is 21.2 Å². The van der Waals surface area contributed by atoms with Gasteiger partial charge in [-0.2, -0.15) is 0 Å². The number of hydrogen-bond acceptors (Lipinski definition) is 6. The summed E-state index contributed by atoms with van der Waals surface area (Å²) in [6.45, 7) is 2.11. The van der Waals surface area contributed by atoms with Gasteiger partial charge in [0.2, 0.25) is 5.91 Å². The highest BCUT2D eigenvalue weighted by molar-refractivity contribution is 9.10. The average molecular weight is 467 g/mol. The second-order valence-corrected chi connectivity index (χ2v) is 8.29. The molecule has 140 valence electrons. The molecule has 1 aromatic carbocycles. The van der Waals surface area contributed by atoms with Crippen molar-refractivity contribution < 1.29 is 19.1 Å². The number of thioether (sulfide) groups is 1. The lowest BCUT2D eigenvalue weighted by Gasteiger charge is -2.12. The molecule has 0 aliphatic carbocycles. The number of imide groups is 1. The van der Waals surface area contributed by atoms with Crippen LogP contribution in [0.2, 0.25) is 0 Å². The first-order valence-electron chi connectivity index (χ1n) is 7.98. The number of nitrogens with one attached hydrogen (secondary N) is 1. The second kappa shape index (κ2) is 8.73. The van der Waals surface area contributed by atoms with E-state index in [-0.39, 0.29) is 6.54 Å². The van der Waals surface area contributed by atoms with Crippen molar-refractivity contribution in [3.8, 4) is 5.75 Å². The van der Waals surface area contributed by atoms with Crippen LogP contribution in [0.15, 0.2) is 45.1 Å². The summed E-state index contributed by atoms with van der Waals surface area (Å²) in [6, 6.07) is 8.73. The topological polar surface area (TPSA) is 75.7 Å². The van der Waals surface area contributed by atoms with Crippen LogP contribution in [0.4, 0.5) is 10.5 Å². The van der Waals surface area contributed by atoms with Gasteiger partial charge in [-0.15, -0.1) is 11.3 Å². The van der Waals surface area contributed by atoms with Crippen molar-refractivity contribution in [1.29, 1.82) is 0 Å². The van der Waals surface area contributed by atoms with Gasteiger partial charge >= 0.3 is 0 Å². The quantitative estimate of drug-likeness (QED) is 0.630. The van der Waals surface area contributed by atoms with E-state index in [1.807, 2.05) is 18.4 Å². The molecule has 0 radical (unpaired) electrons. The lowest BCUT2D eigenvalue weighted by atomic mass is 10.3. The van der Waals surface area contributed by atoms with Crippen LogP contribution < -0.4 is 10.1 Å². The Labute approximate surface area is 172 Å². The molecular formula is C18H15BrN2O4S2. The Morgan fingerprint density at radius 1 is 1.30 bits per heavy atom. The minimum Gasteiger partial charge on any atom is -0.494 e. The number of halogens is 1. The molecule has 6 nitrogen and oxygen atoms in total. The molecule has 3 amide bonds. The van der Waals surface area contributed by atoms with Crippen LogP contribution >= 0.6 is 39.0 Å². The van der Waals surface area contributed by atoms with Gasteiger partial charge in [0.25, 0.3) is 11.1 Å². The first-order chi connectivity index (χ1) is 13.0. The third kappa shape index (κ3) is 5.00. The number of anilines is 1. The molecule has 0 bridgehead atoms. The maximum atomic E-state index is 12.4. The minimum absolute atomic E-state index is 0.309. The van der Waals surface area contributed by atoms with Gasteiger partial charge in [-0.25, -0.2) is 0 Å². The molecule has 1 aromatic heterocycles. The maximum absolute atomic E-state index is 12.4. The molecule has 1 aliphatic rings. The van der Waals surface area contributed by atoms with Crippen molar-refractivity contribution in [3.05, 3.63) is 50.0 Å². The van der Waals surface area contributed by atoms with Crippen molar-refractivity contribution in [2.75, 3.05) is 18.5 Å². The first-order valence-corrected chi connectivity index (χ1v) is 10.5. The molecule has 1 aliphatic heterocycles. The fraction of sp³-hybridized carbons (Fsp3) is 0.167. The number of ether oxygens (including phenoxy) is 1. The highest BCUT2D eigenvalue weighted by Crippen LogP contribution is 2.33. The summed E-state index contributed by atoms with van der Waals surface area (Å²) in [7, 11) is 0. The summed E-state index contributed by atoms with van der Waals surface area (Å²) in [6.07, 6.45) is 1.66. The summed E-state index contributed by atoms with van der Waals surface area (Å²) in [5, 5.41) is 4.11. The minimum atomic E-state index is -0.462. The molecule has 2 aromatic rings. The van der Waals surface area contributed by atoms with E-state index in [1.54, 1.807) is 30.3 Å². The molecule has 9 heteroatoms. The summed E-state index contributed by atoms with van der Waals surface area (Å²) >= 11 is 5.64. The molecule has 1 saturated heterocycles. The average Bonchev–Trinajstić information content (AvgIpc) is 3.15. The molecule has 1 fully saturated rings. The van der Waals surface area contributed by atoms with Gasteiger partial charge in [0.15, 0.2) is 0 Å². The molecule has 0 saturated carbocycles. The zero-order chi connectivity index (χ0) is 19.4. The van der Waals surface area contributed by atoms with Crippen LogP contribution in [0.25, 0.3) is 6.08 Å². The highest BCUT2D eigenvalue weighted by atomic mass is 79.9. The summed E-state index contributed by atoms with van der Waals surface area (Å²) in [5.41, 5.74) is 0.564. The van der Waals surface area contributed by atoms with E-state index in [1.165, 1.54) is 11.3 Å². The SMILES string of the molecule is CCOc1ccc(NC(=O)CN2C(=O)S/C(=C/c3cc(Br)cs3)C2=O)cc1. The van der Waals surface area contributed by atoms with Crippen molar-refractivity contribution >= 4 is 67.8 Å². The summed E-state index contributed by atoms with van der Waals surface area (Å²) < 4.78 is 6.25. The van der Waals surface area contributed by atoms with E-state index in [4.69, 9.17) is 4.74 Å². The van der Waals surface area contributed by atoms with Gasteiger partial charge in [-0.05, 0) is 71.0 Å². The van der Waals surface area contributed by atoms with Crippen molar-refractivity contribution in [2.45, 2.75) is 6.92 Å². The molecule has 1 N–H and O–H groups in total. The van der Waals surface area contributed by atoms with Gasteiger partial charge in [-0.1, -0.05) is 0 Å². The maximum Gasteiger partial charge on any atom is 0.294 e. The van der Waals surface area contributed by atoms with Crippen LogP contribution in [0, 0.1) is 0 Å². The highest BCUT2D eigenvalue weighted by Gasteiger charge is 2.36. The number of amides is 3. The van der Waals surface area contributed by atoms with E-state index >= 15 is 0 Å². The normalized spacial score (nSPS) is 15.5. The Kier molecular flexibility index (Phi) is 6.35. The Hall–Kier alpha value is -2.10. The van der Waals surface area contributed by atoms with Gasteiger partial charge < -0.3 is 10.1 Å². The molecule has 3 rings (SSSR count). The van der Waals surface area contributed by atoms with Gasteiger partial charge in [0.05, 0.1) is 11.5 Å². The van der Waals surface area contributed by atoms with Crippen LogP contribution in [-0.4, -0.2) is 35.1 Å². The molecule has 27 heavy (non-hydrogen) atoms. The number of benzene rings is 1. The summed E-state index contributed by atoms with van der Waals surface area (Å²) in [4.78, 5) is 38.9. The van der Waals surface area contributed by atoms with Gasteiger partial charge in [0.1, 0.15) is 12.3 Å². The van der Waals surface area contributed by atoms with E-state index < -0.39 is 17.1 Å². The van der Waals surface area contributed by atoms with Gasteiger partial charge in [0, 0.05) is 20.4 Å². The zero-order valence-electron chi connectivity index (χ0n) is 14.2. The lowest BCUT2D eigenvalue weighted by Crippen LogP contribution is -2.36. The molecular weight excluding hydrogens is 452 g/mol. The largest absolute Gasteiger partial charge is 0.494 e. The predicted molar refractivity (Wildman–Crippen MR) is 111 cm³/mol. The Bertz CT molecular complexity index is 908. The standard InChI is InChI=1S/C18H15BrN2O4S2/c1-2-25-13-5-3-12(4-6-13)20-16(22)9-21-17(23)15(27-18(21)24)8-14-7-11(19)10-26-14/h3-8,10H,2,9H2,1H3,(H,20,22)/b15-8+. The van der Waals surface area contributed by atoms with Crippen molar-refractivity contribution in [2.24, 2.45) is 0 Å². The van der Waals surface area contributed by atoms with E-state index in [0.717, 1.165) is 26.0 Å². The van der Waals surface area contributed by atoms with Crippen LogP contribution in [-0.2, 0) is 9.59 Å². The molecule has 0 unspecified atom stereocenters. The number of carbonyl (C=O) groups is 3. The Morgan fingerprint density at radius 3 is 2.67 bits per heavy atom. The fourth-order valence-corrected chi connectivity index (χ4v) is 4.59. The van der Waals surface area contributed by atoms with Crippen LogP contribution in [0.3, 0.4) is 0 Å². The first kappa shape index (κ1) is 19.7. The third-order valence-corrected chi connectivity index (χ3v) is 6.03. The van der Waals surface area contributed by atoms with Crippen molar-refractivity contribution in [1.82, 2.24) is 4.90 Å². The predicted octanol–water partition coefficient (Wildman–Crippen LogP) is 4.58. The lowest BCUT2D eigenvalue weighted by molar-refractivity contribution is -0.127. The fourth-order valence-electron chi connectivity index (χ4n) is 2.31.